The number of aryl methyl sites for hydroxylation is 1. The average molecular weight is 320 g/mol. The van der Waals surface area contributed by atoms with E-state index < -0.39 is 32.8 Å². The molecule has 0 bridgehead atoms. The second-order valence-corrected chi connectivity index (χ2v) is 7.84. The SMILES string of the molecule is Cc1[nH]c(=O)sc1S(=O)(=O)NC1CCCC(C(=O)O)C1. The van der Waals surface area contributed by atoms with Crippen LogP contribution in [0.4, 0.5) is 0 Å². The van der Waals surface area contributed by atoms with E-state index in [-0.39, 0.29) is 10.6 Å². The molecule has 1 aromatic heterocycles. The third-order valence-electron chi connectivity index (χ3n) is 3.37. The molecule has 1 heterocycles. The number of carbonyl (C=O) groups is 1. The van der Waals surface area contributed by atoms with Crippen LogP contribution in [-0.4, -0.2) is 30.5 Å². The van der Waals surface area contributed by atoms with Gasteiger partial charge in [0.2, 0.25) is 0 Å². The number of nitrogens with one attached hydrogen (secondary N) is 2. The Morgan fingerprint density at radius 2 is 2.15 bits per heavy atom. The Labute approximate surface area is 120 Å². The van der Waals surface area contributed by atoms with Gasteiger partial charge in [-0.25, -0.2) is 13.1 Å². The summed E-state index contributed by atoms with van der Waals surface area (Å²) < 4.78 is 26.9. The van der Waals surface area contributed by atoms with Gasteiger partial charge in [0, 0.05) is 11.7 Å². The fourth-order valence-electron chi connectivity index (χ4n) is 2.44. The molecule has 1 aliphatic rings. The number of carboxylic acids is 1. The zero-order valence-corrected chi connectivity index (χ0v) is 12.5. The van der Waals surface area contributed by atoms with Crippen molar-refractivity contribution in [3.8, 4) is 0 Å². The summed E-state index contributed by atoms with van der Waals surface area (Å²) in [4.78, 5) is 24.2. The molecule has 1 aliphatic carbocycles. The Kier molecular flexibility index (Phi) is 4.31. The quantitative estimate of drug-likeness (QED) is 0.754. The van der Waals surface area contributed by atoms with Crippen molar-refractivity contribution in [1.82, 2.24) is 9.71 Å². The molecule has 0 spiro atoms. The smallest absolute Gasteiger partial charge is 0.306 e. The second-order valence-electron chi connectivity index (χ2n) is 4.95. The minimum atomic E-state index is -3.77. The molecule has 2 unspecified atom stereocenters. The molecule has 0 saturated heterocycles. The van der Waals surface area contributed by atoms with Gasteiger partial charge in [0.1, 0.15) is 0 Å². The van der Waals surface area contributed by atoms with Gasteiger partial charge in [-0.15, -0.1) is 0 Å². The maximum Gasteiger partial charge on any atom is 0.306 e. The van der Waals surface area contributed by atoms with E-state index in [0.717, 1.165) is 0 Å². The minimum Gasteiger partial charge on any atom is -0.481 e. The maximum atomic E-state index is 12.2. The highest BCUT2D eigenvalue weighted by Gasteiger charge is 2.31. The Morgan fingerprint density at radius 3 is 2.70 bits per heavy atom. The lowest BCUT2D eigenvalue weighted by Gasteiger charge is -2.26. The van der Waals surface area contributed by atoms with Gasteiger partial charge >= 0.3 is 10.8 Å². The Hall–Kier alpha value is -1.19. The van der Waals surface area contributed by atoms with E-state index in [1.807, 2.05) is 0 Å². The fourth-order valence-corrected chi connectivity index (χ4v) is 5.04. The number of aromatic nitrogens is 1. The monoisotopic (exact) mass is 320 g/mol. The molecule has 3 N–H and O–H groups in total. The second kappa shape index (κ2) is 5.66. The van der Waals surface area contributed by atoms with Gasteiger partial charge in [-0.1, -0.05) is 17.8 Å². The first kappa shape index (κ1) is 15.2. The first-order valence-corrected chi connectivity index (χ1v) is 8.54. The van der Waals surface area contributed by atoms with Crippen LogP contribution in [0.1, 0.15) is 31.4 Å². The number of aromatic amines is 1. The highest BCUT2D eigenvalue weighted by molar-refractivity contribution is 7.91. The van der Waals surface area contributed by atoms with Crippen molar-refractivity contribution in [2.75, 3.05) is 0 Å². The molecule has 1 aromatic rings. The van der Waals surface area contributed by atoms with Crippen LogP contribution in [0.5, 0.6) is 0 Å². The molecular formula is C11H16N2O5S2. The Bertz CT molecular complexity index is 661. The van der Waals surface area contributed by atoms with Crippen molar-refractivity contribution in [2.45, 2.75) is 42.9 Å². The van der Waals surface area contributed by atoms with Crippen molar-refractivity contribution >= 4 is 27.3 Å². The standard InChI is InChI=1S/C11H16N2O5S2/c1-6-10(19-11(16)12-6)20(17,18)13-8-4-2-3-7(5-8)9(14)15/h7-8,13H,2-5H2,1H3,(H,12,16)(H,14,15). The summed E-state index contributed by atoms with van der Waals surface area (Å²) in [6.45, 7) is 1.52. The van der Waals surface area contributed by atoms with Crippen LogP contribution >= 0.6 is 11.3 Å². The normalized spacial score (nSPS) is 23.6. The Morgan fingerprint density at radius 1 is 1.45 bits per heavy atom. The highest BCUT2D eigenvalue weighted by Crippen LogP contribution is 2.26. The van der Waals surface area contributed by atoms with Crippen LogP contribution in [0.3, 0.4) is 0 Å². The van der Waals surface area contributed by atoms with Gasteiger partial charge in [-0.2, -0.15) is 0 Å². The van der Waals surface area contributed by atoms with E-state index in [1.54, 1.807) is 0 Å². The molecule has 20 heavy (non-hydrogen) atoms. The van der Waals surface area contributed by atoms with Crippen LogP contribution in [-0.2, 0) is 14.8 Å². The third kappa shape index (κ3) is 3.28. The van der Waals surface area contributed by atoms with E-state index in [0.29, 0.717) is 36.3 Å². The van der Waals surface area contributed by atoms with E-state index >= 15 is 0 Å². The average Bonchev–Trinajstić information content (AvgIpc) is 2.69. The molecule has 1 saturated carbocycles. The molecule has 7 nitrogen and oxygen atoms in total. The molecule has 0 aliphatic heterocycles. The number of hydrogen-bond acceptors (Lipinski definition) is 5. The van der Waals surface area contributed by atoms with Crippen molar-refractivity contribution < 1.29 is 18.3 Å². The number of thiazole rings is 1. The van der Waals surface area contributed by atoms with Gasteiger partial charge in [-0.3, -0.25) is 9.59 Å². The van der Waals surface area contributed by atoms with Crippen LogP contribution in [0, 0.1) is 12.8 Å². The summed E-state index contributed by atoms with van der Waals surface area (Å²) in [5, 5.41) is 9.00. The summed E-state index contributed by atoms with van der Waals surface area (Å²) in [6.07, 6.45) is 2.14. The van der Waals surface area contributed by atoms with Gasteiger partial charge < -0.3 is 10.1 Å². The Balaban J connectivity index is 2.14. The summed E-state index contributed by atoms with van der Waals surface area (Å²) in [5.41, 5.74) is 0.304. The van der Waals surface area contributed by atoms with Crippen molar-refractivity contribution in [3.63, 3.8) is 0 Å². The van der Waals surface area contributed by atoms with E-state index in [4.69, 9.17) is 5.11 Å². The van der Waals surface area contributed by atoms with Crippen LogP contribution in [0.15, 0.2) is 9.00 Å². The lowest BCUT2D eigenvalue weighted by atomic mass is 9.86. The van der Waals surface area contributed by atoms with Crippen molar-refractivity contribution in [3.05, 3.63) is 15.4 Å². The predicted molar refractivity (Wildman–Crippen MR) is 73.4 cm³/mol. The number of carboxylic acid groups (broad SMARTS) is 1. The largest absolute Gasteiger partial charge is 0.481 e. The predicted octanol–water partition coefficient (Wildman–Crippen LogP) is 0.667. The zero-order valence-electron chi connectivity index (χ0n) is 10.9. The van der Waals surface area contributed by atoms with E-state index in [9.17, 15) is 18.0 Å². The van der Waals surface area contributed by atoms with Gasteiger partial charge in [0.25, 0.3) is 10.0 Å². The zero-order chi connectivity index (χ0) is 14.9. The van der Waals surface area contributed by atoms with Crippen molar-refractivity contribution in [1.29, 1.82) is 0 Å². The molecule has 2 rings (SSSR count). The topological polar surface area (TPSA) is 116 Å². The number of aliphatic carboxylic acids is 1. The molecule has 0 aromatic carbocycles. The first-order chi connectivity index (χ1) is 9.29. The third-order valence-corrected chi connectivity index (χ3v) is 6.50. The molecule has 2 atom stereocenters. The van der Waals surface area contributed by atoms with Crippen LogP contribution < -0.4 is 9.60 Å². The minimum absolute atomic E-state index is 0.0278. The number of hydrogen-bond donors (Lipinski definition) is 3. The first-order valence-electron chi connectivity index (χ1n) is 6.24. The molecule has 0 amide bonds. The van der Waals surface area contributed by atoms with Crippen molar-refractivity contribution in [2.24, 2.45) is 5.92 Å². The molecule has 112 valence electrons. The number of H-pyrrole nitrogens is 1. The summed E-state index contributed by atoms with van der Waals surface area (Å²) >= 11 is 0.639. The molecule has 9 heteroatoms. The number of sulfonamides is 1. The molecule has 1 fully saturated rings. The van der Waals surface area contributed by atoms with Crippen LogP contribution in [0.25, 0.3) is 0 Å². The summed E-state index contributed by atoms with van der Waals surface area (Å²) in [5.74, 6) is -1.40. The lowest BCUT2D eigenvalue weighted by Crippen LogP contribution is -2.39. The molecule has 0 radical (unpaired) electrons. The summed E-state index contributed by atoms with van der Waals surface area (Å²) in [7, 11) is -3.77. The molecular weight excluding hydrogens is 304 g/mol. The summed E-state index contributed by atoms with van der Waals surface area (Å²) in [6, 6.07) is -0.397. The fraction of sp³-hybridized carbons (Fsp3) is 0.636. The maximum absolute atomic E-state index is 12.2. The lowest BCUT2D eigenvalue weighted by molar-refractivity contribution is -0.143. The van der Waals surface area contributed by atoms with Gasteiger partial charge in [0.15, 0.2) is 4.21 Å². The van der Waals surface area contributed by atoms with E-state index in [2.05, 4.69) is 9.71 Å². The highest BCUT2D eigenvalue weighted by atomic mass is 32.2. The van der Waals surface area contributed by atoms with Crippen LogP contribution in [0.2, 0.25) is 0 Å². The number of rotatable bonds is 4. The van der Waals surface area contributed by atoms with E-state index in [1.165, 1.54) is 6.92 Å². The van der Waals surface area contributed by atoms with Gasteiger partial charge in [-0.05, 0) is 26.2 Å². The van der Waals surface area contributed by atoms with Gasteiger partial charge in [0.05, 0.1) is 5.92 Å².